The van der Waals surface area contributed by atoms with E-state index >= 15 is 0 Å². The number of ketones is 1. The van der Waals surface area contributed by atoms with E-state index < -0.39 is 0 Å². The van der Waals surface area contributed by atoms with Crippen molar-refractivity contribution in [3.05, 3.63) is 35.9 Å². The molecule has 0 spiro atoms. The summed E-state index contributed by atoms with van der Waals surface area (Å²) in [7, 11) is 0. The number of Topliss-reactive ketones (excluding diaryl/α,β-unsaturated/α-hetero) is 1. The Morgan fingerprint density at radius 1 is 1.13 bits per heavy atom. The second kappa shape index (κ2) is 11.0. The van der Waals surface area contributed by atoms with Gasteiger partial charge in [-0.25, -0.2) is 4.79 Å². The van der Waals surface area contributed by atoms with Crippen molar-refractivity contribution in [2.45, 2.75) is 60.8 Å². The van der Waals surface area contributed by atoms with Crippen molar-refractivity contribution in [2.24, 2.45) is 11.3 Å². The van der Waals surface area contributed by atoms with Crippen molar-refractivity contribution in [1.82, 2.24) is 0 Å². The van der Waals surface area contributed by atoms with Crippen LogP contribution in [0.15, 0.2) is 30.3 Å². The largest absolute Gasteiger partial charge is 0.462 e. The first-order valence-electron chi connectivity index (χ1n) is 8.60. The SMILES string of the molecule is CC.CCC(C)C(=O)CCC(C)(C)COC(=O)c1ccccc1. The normalized spacial score (nSPS) is 11.9. The van der Waals surface area contributed by atoms with E-state index in [2.05, 4.69) is 0 Å². The Balaban J connectivity index is 0.00000232. The van der Waals surface area contributed by atoms with Crippen LogP contribution < -0.4 is 0 Å². The lowest BCUT2D eigenvalue weighted by Crippen LogP contribution is -2.24. The molecule has 0 fully saturated rings. The Labute approximate surface area is 141 Å². The van der Waals surface area contributed by atoms with E-state index in [0.717, 1.165) is 12.8 Å². The molecule has 0 aliphatic rings. The number of ether oxygens (including phenoxy) is 1. The molecule has 23 heavy (non-hydrogen) atoms. The van der Waals surface area contributed by atoms with Crippen LogP contribution in [0, 0.1) is 11.3 Å². The van der Waals surface area contributed by atoms with Gasteiger partial charge in [-0.2, -0.15) is 0 Å². The highest BCUT2D eigenvalue weighted by atomic mass is 16.5. The summed E-state index contributed by atoms with van der Waals surface area (Å²) in [5.74, 6) is 0.101. The van der Waals surface area contributed by atoms with Crippen LogP contribution in [0.25, 0.3) is 0 Å². The Bertz CT molecular complexity index is 463. The third kappa shape index (κ3) is 8.53. The van der Waals surface area contributed by atoms with Crippen LogP contribution in [0.5, 0.6) is 0 Å². The van der Waals surface area contributed by atoms with Crippen molar-refractivity contribution < 1.29 is 14.3 Å². The smallest absolute Gasteiger partial charge is 0.338 e. The number of esters is 1. The van der Waals surface area contributed by atoms with E-state index in [1.807, 2.05) is 59.7 Å². The van der Waals surface area contributed by atoms with Crippen LogP contribution >= 0.6 is 0 Å². The monoisotopic (exact) mass is 320 g/mol. The Morgan fingerprint density at radius 3 is 2.22 bits per heavy atom. The number of carbonyl (C=O) groups is 2. The van der Waals surface area contributed by atoms with Gasteiger partial charge in [0.05, 0.1) is 12.2 Å². The molecule has 0 amide bonds. The molecular weight excluding hydrogens is 288 g/mol. The number of carbonyl (C=O) groups excluding carboxylic acids is 2. The second-order valence-electron chi connectivity index (χ2n) is 6.38. The minimum absolute atomic E-state index is 0.118. The van der Waals surface area contributed by atoms with Crippen molar-refractivity contribution >= 4 is 11.8 Å². The standard InChI is InChI=1S/C18H26O3.C2H6/c1-5-14(2)16(19)11-12-18(3,4)13-21-17(20)15-9-7-6-8-10-15;1-2/h6-10,14H,5,11-13H2,1-4H3;1-2H3. The maximum Gasteiger partial charge on any atom is 0.338 e. The molecule has 0 heterocycles. The molecule has 3 heteroatoms. The van der Waals surface area contributed by atoms with Crippen molar-refractivity contribution in [2.75, 3.05) is 6.61 Å². The summed E-state index contributed by atoms with van der Waals surface area (Å²) in [6, 6.07) is 8.96. The molecule has 1 aromatic carbocycles. The highest BCUT2D eigenvalue weighted by Gasteiger charge is 2.23. The van der Waals surface area contributed by atoms with Crippen molar-refractivity contribution in [1.29, 1.82) is 0 Å². The number of benzene rings is 1. The fraction of sp³-hybridized carbons (Fsp3) is 0.600. The van der Waals surface area contributed by atoms with Gasteiger partial charge in [-0.3, -0.25) is 4.79 Å². The highest BCUT2D eigenvalue weighted by molar-refractivity contribution is 5.89. The highest BCUT2D eigenvalue weighted by Crippen LogP contribution is 2.24. The van der Waals surface area contributed by atoms with Gasteiger partial charge in [-0.1, -0.05) is 59.7 Å². The summed E-state index contributed by atoms with van der Waals surface area (Å²) in [4.78, 5) is 23.8. The number of hydrogen-bond donors (Lipinski definition) is 0. The van der Waals surface area contributed by atoms with Crippen molar-refractivity contribution in [3.63, 3.8) is 0 Å². The molecule has 1 unspecified atom stereocenters. The lowest BCUT2D eigenvalue weighted by atomic mass is 9.86. The topological polar surface area (TPSA) is 43.4 Å². The molecule has 0 radical (unpaired) electrons. The van der Waals surface area contributed by atoms with Crippen molar-refractivity contribution in [3.8, 4) is 0 Å². The van der Waals surface area contributed by atoms with Gasteiger partial charge < -0.3 is 4.74 Å². The van der Waals surface area contributed by atoms with Gasteiger partial charge in [-0.15, -0.1) is 0 Å². The zero-order valence-corrected chi connectivity index (χ0v) is 15.5. The molecule has 130 valence electrons. The maximum atomic E-state index is 11.9. The molecule has 1 rings (SSSR count). The van der Waals surface area contributed by atoms with Crippen LogP contribution in [-0.4, -0.2) is 18.4 Å². The van der Waals surface area contributed by atoms with Gasteiger partial charge >= 0.3 is 5.97 Å². The molecule has 0 aromatic heterocycles. The van der Waals surface area contributed by atoms with E-state index in [1.54, 1.807) is 12.1 Å². The molecule has 0 bridgehead atoms. The number of hydrogen-bond acceptors (Lipinski definition) is 3. The molecule has 0 N–H and O–H groups in total. The molecule has 1 atom stereocenters. The second-order valence-corrected chi connectivity index (χ2v) is 6.38. The minimum Gasteiger partial charge on any atom is -0.462 e. The van der Waals surface area contributed by atoms with Crippen LogP contribution in [-0.2, 0) is 9.53 Å². The van der Waals surface area contributed by atoms with E-state index in [1.165, 1.54) is 0 Å². The summed E-state index contributed by atoms with van der Waals surface area (Å²) in [5.41, 5.74) is 0.372. The predicted molar refractivity (Wildman–Crippen MR) is 95.5 cm³/mol. The van der Waals surface area contributed by atoms with E-state index in [4.69, 9.17) is 4.74 Å². The molecule has 0 aliphatic heterocycles. The van der Waals surface area contributed by atoms with Crippen LogP contribution in [0.4, 0.5) is 0 Å². The van der Waals surface area contributed by atoms with Gasteiger partial charge in [0.25, 0.3) is 0 Å². The average molecular weight is 320 g/mol. The van der Waals surface area contributed by atoms with Crippen LogP contribution in [0.3, 0.4) is 0 Å². The number of rotatable bonds is 8. The van der Waals surface area contributed by atoms with E-state index in [-0.39, 0.29) is 17.3 Å². The third-order valence-corrected chi connectivity index (χ3v) is 3.81. The first-order chi connectivity index (χ1) is 10.9. The Hall–Kier alpha value is -1.64. The van der Waals surface area contributed by atoms with Gasteiger partial charge in [-0.05, 0) is 30.4 Å². The molecular formula is C20H32O3. The lowest BCUT2D eigenvalue weighted by Gasteiger charge is -2.24. The molecule has 3 nitrogen and oxygen atoms in total. The van der Waals surface area contributed by atoms with Gasteiger partial charge in [0.1, 0.15) is 5.78 Å². The molecule has 0 aliphatic carbocycles. The summed E-state index contributed by atoms with van der Waals surface area (Å²) < 4.78 is 5.36. The summed E-state index contributed by atoms with van der Waals surface area (Å²) in [5, 5.41) is 0. The molecule has 0 saturated carbocycles. The summed E-state index contributed by atoms with van der Waals surface area (Å²) in [6.45, 7) is 12.4. The Kier molecular flexibility index (Phi) is 10.2. The van der Waals surface area contributed by atoms with E-state index in [0.29, 0.717) is 24.4 Å². The molecule has 0 saturated heterocycles. The third-order valence-electron chi connectivity index (χ3n) is 3.81. The lowest BCUT2D eigenvalue weighted by molar-refractivity contribution is -0.123. The van der Waals surface area contributed by atoms with Crippen LogP contribution in [0.2, 0.25) is 0 Å². The molecule has 1 aromatic rings. The maximum absolute atomic E-state index is 11.9. The first kappa shape index (κ1) is 21.4. The zero-order valence-electron chi connectivity index (χ0n) is 15.5. The quantitative estimate of drug-likeness (QED) is 0.611. The zero-order chi connectivity index (χ0) is 17.9. The summed E-state index contributed by atoms with van der Waals surface area (Å²) >= 11 is 0. The fourth-order valence-corrected chi connectivity index (χ4v) is 1.93. The van der Waals surface area contributed by atoms with Gasteiger partial charge in [0, 0.05) is 12.3 Å². The van der Waals surface area contributed by atoms with Crippen LogP contribution in [0.1, 0.15) is 71.2 Å². The Morgan fingerprint density at radius 2 is 1.70 bits per heavy atom. The summed E-state index contributed by atoms with van der Waals surface area (Å²) in [6.07, 6.45) is 2.16. The fourth-order valence-electron chi connectivity index (χ4n) is 1.93. The average Bonchev–Trinajstić information content (AvgIpc) is 2.59. The van der Waals surface area contributed by atoms with Gasteiger partial charge in [0.2, 0.25) is 0 Å². The minimum atomic E-state index is -0.308. The predicted octanol–water partition coefficient (Wildman–Crippen LogP) is 5.29. The van der Waals surface area contributed by atoms with E-state index in [9.17, 15) is 9.59 Å². The first-order valence-corrected chi connectivity index (χ1v) is 8.60. The van der Waals surface area contributed by atoms with Gasteiger partial charge in [0.15, 0.2) is 0 Å².